The predicted molar refractivity (Wildman–Crippen MR) is 69.8 cm³/mol. The second-order valence-corrected chi connectivity index (χ2v) is 4.90. The lowest BCUT2D eigenvalue weighted by Gasteiger charge is -2.38. The molecule has 2 heterocycles. The van der Waals surface area contributed by atoms with Crippen molar-refractivity contribution in [3.63, 3.8) is 0 Å². The molecule has 18 heavy (non-hydrogen) atoms. The Hall–Kier alpha value is -1.13. The molecule has 5 heteroatoms. The van der Waals surface area contributed by atoms with E-state index in [4.69, 9.17) is 16.3 Å². The van der Waals surface area contributed by atoms with Crippen LogP contribution in [0.1, 0.15) is 30.8 Å². The molecule has 1 aliphatic heterocycles. The van der Waals surface area contributed by atoms with Gasteiger partial charge < -0.3 is 9.64 Å². The Balaban J connectivity index is 2.20. The highest BCUT2D eigenvalue weighted by Gasteiger charge is 2.30. The van der Waals surface area contributed by atoms with Crippen LogP contribution in [0.3, 0.4) is 0 Å². The topological polar surface area (TPSA) is 42.4 Å². The summed E-state index contributed by atoms with van der Waals surface area (Å²) in [6.45, 7) is 5.21. The van der Waals surface area contributed by atoms with Crippen LogP contribution in [-0.4, -0.2) is 41.1 Å². The summed E-state index contributed by atoms with van der Waals surface area (Å²) in [6, 6.07) is 5.22. The Morgan fingerprint density at radius 2 is 2.39 bits per heavy atom. The number of amides is 1. The molecule has 1 aromatic heterocycles. The Morgan fingerprint density at radius 1 is 1.61 bits per heavy atom. The Kier molecular flexibility index (Phi) is 4.19. The van der Waals surface area contributed by atoms with Crippen LogP contribution < -0.4 is 0 Å². The fourth-order valence-corrected chi connectivity index (χ4v) is 2.27. The minimum Gasteiger partial charge on any atom is -0.375 e. The molecule has 0 saturated carbocycles. The molecule has 98 valence electrons. The number of nitrogens with zero attached hydrogens (tertiary/aromatic N) is 2. The summed E-state index contributed by atoms with van der Waals surface area (Å²) in [6.07, 6.45) is 0.940. The van der Waals surface area contributed by atoms with Gasteiger partial charge in [-0.2, -0.15) is 0 Å². The summed E-state index contributed by atoms with van der Waals surface area (Å²) in [5, 5.41) is 0.343. The monoisotopic (exact) mass is 268 g/mol. The fraction of sp³-hybridized carbons (Fsp3) is 0.538. The molecular weight excluding hydrogens is 252 g/mol. The van der Waals surface area contributed by atoms with Gasteiger partial charge >= 0.3 is 0 Å². The van der Waals surface area contributed by atoms with Gasteiger partial charge in [0.15, 0.2) is 0 Å². The van der Waals surface area contributed by atoms with Gasteiger partial charge in [-0.15, -0.1) is 0 Å². The highest BCUT2D eigenvalue weighted by atomic mass is 35.5. The number of halogens is 1. The van der Waals surface area contributed by atoms with Gasteiger partial charge in [-0.1, -0.05) is 24.6 Å². The van der Waals surface area contributed by atoms with Gasteiger partial charge in [-0.05, 0) is 25.5 Å². The molecule has 2 atom stereocenters. The summed E-state index contributed by atoms with van der Waals surface area (Å²) < 4.78 is 5.58. The molecule has 2 unspecified atom stereocenters. The van der Waals surface area contributed by atoms with Gasteiger partial charge in [0.2, 0.25) is 0 Å². The average molecular weight is 269 g/mol. The number of pyridine rings is 1. The molecule has 0 radical (unpaired) electrons. The lowest BCUT2D eigenvalue weighted by atomic mass is 10.1. The molecule has 0 aliphatic carbocycles. The smallest absolute Gasteiger partial charge is 0.272 e. The quantitative estimate of drug-likeness (QED) is 0.774. The third kappa shape index (κ3) is 2.82. The largest absolute Gasteiger partial charge is 0.375 e. The number of morpholine rings is 1. The first kappa shape index (κ1) is 13.3. The Bertz CT molecular complexity index is 439. The van der Waals surface area contributed by atoms with Crippen LogP contribution in [0.5, 0.6) is 0 Å². The third-order valence-corrected chi connectivity index (χ3v) is 3.34. The predicted octanol–water partition coefficient (Wildman–Crippen LogP) is 2.37. The highest BCUT2D eigenvalue weighted by molar-refractivity contribution is 6.29. The zero-order valence-corrected chi connectivity index (χ0v) is 11.4. The van der Waals surface area contributed by atoms with Gasteiger partial charge in [-0.25, -0.2) is 4.98 Å². The van der Waals surface area contributed by atoms with E-state index in [1.165, 1.54) is 0 Å². The van der Waals surface area contributed by atoms with Crippen molar-refractivity contribution in [2.24, 2.45) is 0 Å². The van der Waals surface area contributed by atoms with Crippen LogP contribution in [-0.2, 0) is 4.74 Å². The molecule has 1 fully saturated rings. The van der Waals surface area contributed by atoms with E-state index >= 15 is 0 Å². The number of hydrogen-bond donors (Lipinski definition) is 0. The summed E-state index contributed by atoms with van der Waals surface area (Å²) in [5.74, 6) is -0.0699. The van der Waals surface area contributed by atoms with E-state index in [0.717, 1.165) is 6.42 Å². The maximum Gasteiger partial charge on any atom is 0.272 e. The molecule has 1 saturated heterocycles. The number of carbonyl (C=O) groups is 1. The molecule has 0 aromatic carbocycles. The van der Waals surface area contributed by atoms with E-state index in [-0.39, 0.29) is 18.1 Å². The molecule has 1 aromatic rings. The molecule has 1 amide bonds. The third-order valence-electron chi connectivity index (χ3n) is 3.13. The number of aromatic nitrogens is 1. The lowest BCUT2D eigenvalue weighted by molar-refractivity contribution is -0.0445. The van der Waals surface area contributed by atoms with Crippen molar-refractivity contribution in [1.29, 1.82) is 0 Å². The standard InChI is InChI=1S/C13H17ClN2O2/c1-3-10-8-18-9(2)7-16(10)13(17)11-5-4-6-12(14)15-11/h4-6,9-10H,3,7-8H2,1-2H3. The van der Waals surface area contributed by atoms with Gasteiger partial charge in [0, 0.05) is 6.54 Å². The Labute approximate surface area is 112 Å². The van der Waals surface area contributed by atoms with Crippen molar-refractivity contribution >= 4 is 17.5 Å². The summed E-state index contributed by atoms with van der Waals surface area (Å²) >= 11 is 5.82. The van der Waals surface area contributed by atoms with E-state index in [1.54, 1.807) is 18.2 Å². The van der Waals surface area contributed by atoms with Crippen molar-refractivity contribution in [3.05, 3.63) is 29.0 Å². The fourth-order valence-electron chi connectivity index (χ4n) is 2.11. The molecule has 1 aliphatic rings. The van der Waals surface area contributed by atoms with Gasteiger partial charge in [0.25, 0.3) is 5.91 Å². The van der Waals surface area contributed by atoms with Crippen molar-refractivity contribution in [1.82, 2.24) is 9.88 Å². The number of ether oxygens (including phenoxy) is 1. The normalized spacial score (nSPS) is 24.1. The number of rotatable bonds is 2. The van der Waals surface area contributed by atoms with E-state index in [9.17, 15) is 4.79 Å². The lowest BCUT2D eigenvalue weighted by Crippen LogP contribution is -2.51. The molecule has 0 N–H and O–H groups in total. The van der Waals surface area contributed by atoms with Crippen LogP contribution in [0.15, 0.2) is 18.2 Å². The van der Waals surface area contributed by atoms with E-state index in [1.807, 2.05) is 11.8 Å². The van der Waals surface area contributed by atoms with Gasteiger partial charge in [0.05, 0.1) is 18.8 Å². The first-order valence-electron chi connectivity index (χ1n) is 6.17. The van der Waals surface area contributed by atoms with Gasteiger partial charge in [-0.3, -0.25) is 4.79 Å². The average Bonchev–Trinajstić information content (AvgIpc) is 2.38. The van der Waals surface area contributed by atoms with Crippen LogP contribution >= 0.6 is 11.6 Å². The zero-order valence-electron chi connectivity index (χ0n) is 10.6. The van der Waals surface area contributed by atoms with Crippen molar-refractivity contribution in [2.75, 3.05) is 13.2 Å². The minimum atomic E-state index is -0.0699. The zero-order chi connectivity index (χ0) is 13.1. The highest BCUT2D eigenvalue weighted by Crippen LogP contribution is 2.17. The van der Waals surface area contributed by atoms with Crippen molar-refractivity contribution in [2.45, 2.75) is 32.4 Å². The van der Waals surface area contributed by atoms with E-state index < -0.39 is 0 Å². The SMILES string of the molecule is CCC1COC(C)CN1C(=O)c1cccc(Cl)n1. The van der Waals surface area contributed by atoms with Crippen LogP contribution in [0.25, 0.3) is 0 Å². The maximum absolute atomic E-state index is 12.4. The first-order valence-corrected chi connectivity index (χ1v) is 6.54. The first-order chi connectivity index (χ1) is 8.61. The van der Waals surface area contributed by atoms with E-state index in [2.05, 4.69) is 11.9 Å². The molecular formula is C13H17ClN2O2. The van der Waals surface area contributed by atoms with Gasteiger partial charge in [0.1, 0.15) is 10.8 Å². The molecule has 0 bridgehead atoms. The number of hydrogen-bond acceptors (Lipinski definition) is 3. The summed E-state index contributed by atoms with van der Waals surface area (Å²) in [7, 11) is 0. The maximum atomic E-state index is 12.4. The van der Waals surface area contributed by atoms with Crippen molar-refractivity contribution < 1.29 is 9.53 Å². The summed E-state index contributed by atoms with van der Waals surface area (Å²) in [5.41, 5.74) is 0.398. The molecule has 4 nitrogen and oxygen atoms in total. The van der Waals surface area contributed by atoms with Crippen LogP contribution in [0.4, 0.5) is 0 Å². The van der Waals surface area contributed by atoms with Crippen molar-refractivity contribution in [3.8, 4) is 0 Å². The summed E-state index contributed by atoms with van der Waals surface area (Å²) in [4.78, 5) is 18.3. The minimum absolute atomic E-state index is 0.0657. The second kappa shape index (κ2) is 5.67. The second-order valence-electron chi connectivity index (χ2n) is 4.51. The van der Waals surface area contributed by atoms with Crippen LogP contribution in [0, 0.1) is 0 Å². The molecule has 0 spiro atoms. The van der Waals surface area contributed by atoms with E-state index in [0.29, 0.717) is 24.0 Å². The van der Waals surface area contributed by atoms with Crippen LogP contribution in [0.2, 0.25) is 5.15 Å². The molecule has 2 rings (SSSR count). The number of carbonyl (C=O) groups excluding carboxylic acids is 1. The Morgan fingerprint density at radius 3 is 3.06 bits per heavy atom.